The van der Waals surface area contributed by atoms with E-state index in [1.165, 1.54) is 0 Å². The van der Waals surface area contributed by atoms with E-state index in [-0.39, 0.29) is 11.6 Å². The Labute approximate surface area is 108 Å². The zero-order chi connectivity index (χ0) is 13.0. The predicted molar refractivity (Wildman–Crippen MR) is 68.2 cm³/mol. The Hall–Kier alpha value is -0.940. The summed E-state index contributed by atoms with van der Waals surface area (Å²) in [5.74, 6) is 1.95. The van der Waals surface area contributed by atoms with E-state index in [0.29, 0.717) is 5.41 Å². The lowest BCUT2D eigenvalue weighted by Crippen LogP contribution is -2.62. The van der Waals surface area contributed by atoms with Gasteiger partial charge in [-0.1, -0.05) is 13.8 Å². The van der Waals surface area contributed by atoms with E-state index < -0.39 is 0 Å². The average molecular weight is 250 g/mol. The molecule has 18 heavy (non-hydrogen) atoms. The van der Waals surface area contributed by atoms with Crippen molar-refractivity contribution in [2.24, 2.45) is 12.5 Å². The molecule has 1 spiro atoms. The van der Waals surface area contributed by atoms with Gasteiger partial charge in [0, 0.05) is 13.6 Å². The third-order valence-corrected chi connectivity index (χ3v) is 4.31. The second kappa shape index (κ2) is 3.78. The van der Waals surface area contributed by atoms with Gasteiger partial charge in [-0.05, 0) is 25.2 Å². The summed E-state index contributed by atoms with van der Waals surface area (Å²) in [5.41, 5.74) is 0.305. The molecule has 0 aromatic carbocycles. The first-order chi connectivity index (χ1) is 8.44. The molecule has 1 unspecified atom stereocenters. The summed E-state index contributed by atoms with van der Waals surface area (Å²) in [7, 11) is 2.03. The van der Waals surface area contributed by atoms with Gasteiger partial charge in [0.15, 0.2) is 5.82 Å². The molecule has 1 aromatic rings. The van der Waals surface area contributed by atoms with Gasteiger partial charge in [0.1, 0.15) is 5.82 Å². The van der Waals surface area contributed by atoms with Crippen molar-refractivity contribution >= 4 is 0 Å². The van der Waals surface area contributed by atoms with Crippen LogP contribution in [0.5, 0.6) is 0 Å². The summed E-state index contributed by atoms with van der Waals surface area (Å²) in [6.07, 6.45) is 2.17. The average Bonchev–Trinajstić information content (AvgIpc) is 2.58. The van der Waals surface area contributed by atoms with Crippen molar-refractivity contribution in [3.63, 3.8) is 0 Å². The van der Waals surface area contributed by atoms with E-state index in [4.69, 9.17) is 4.74 Å². The molecule has 2 aliphatic rings. The molecule has 1 atom stereocenters. The van der Waals surface area contributed by atoms with Gasteiger partial charge in [-0.15, -0.1) is 10.2 Å². The minimum atomic E-state index is -0.0744. The third-order valence-electron chi connectivity index (χ3n) is 4.31. The number of aromatic nitrogens is 3. The second-order valence-electron chi connectivity index (χ2n) is 6.48. The predicted octanol–water partition coefficient (Wildman–Crippen LogP) is 1.34. The number of hydrogen-bond donors (Lipinski definition) is 1. The van der Waals surface area contributed by atoms with E-state index in [0.717, 1.165) is 37.6 Å². The van der Waals surface area contributed by atoms with Crippen LogP contribution in [0.1, 0.15) is 44.4 Å². The lowest BCUT2D eigenvalue weighted by Gasteiger charge is -2.57. The Balaban J connectivity index is 1.92. The van der Waals surface area contributed by atoms with Crippen LogP contribution in [0.2, 0.25) is 0 Å². The fourth-order valence-corrected chi connectivity index (χ4v) is 3.60. The van der Waals surface area contributed by atoms with Crippen molar-refractivity contribution in [3.8, 4) is 0 Å². The molecule has 1 saturated carbocycles. The van der Waals surface area contributed by atoms with Crippen molar-refractivity contribution in [2.75, 3.05) is 13.2 Å². The number of ether oxygens (including phenoxy) is 1. The maximum absolute atomic E-state index is 6.12. The standard InChI is InChI=1S/C13H22N4O/c1-9-15-16-11(17(9)4)10-13(18-6-5-14-10)7-12(2,3)8-13/h10,14H,5-8H2,1-4H3. The van der Waals surface area contributed by atoms with Crippen molar-refractivity contribution in [1.29, 1.82) is 0 Å². The number of hydrogen-bond acceptors (Lipinski definition) is 4. The van der Waals surface area contributed by atoms with Crippen molar-refractivity contribution < 1.29 is 4.74 Å². The lowest BCUT2D eigenvalue weighted by molar-refractivity contribution is -0.197. The van der Waals surface area contributed by atoms with Crippen molar-refractivity contribution in [3.05, 3.63) is 11.6 Å². The summed E-state index contributed by atoms with van der Waals surface area (Å²) < 4.78 is 8.19. The number of nitrogens with zero attached hydrogens (tertiary/aromatic N) is 3. The molecule has 1 aromatic heterocycles. The Kier molecular flexibility index (Phi) is 2.54. The Bertz CT molecular complexity index is 458. The van der Waals surface area contributed by atoms with Crippen LogP contribution in [0.25, 0.3) is 0 Å². The summed E-state index contributed by atoms with van der Waals surface area (Å²) in [4.78, 5) is 0. The first kappa shape index (κ1) is 12.1. The second-order valence-corrected chi connectivity index (χ2v) is 6.48. The van der Waals surface area contributed by atoms with Crippen LogP contribution in [0.3, 0.4) is 0 Å². The van der Waals surface area contributed by atoms with E-state index in [1.54, 1.807) is 0 Å². The SMILES string of the molecule is Cc1nnc(C2NCCOC23CC(C)(C)C3)n1C. The number of morpholine rings is 1. The van der Waals surface area contributed by atoms with Gasteiger partial charge in [0.2, 0.25) is 0 Å². The zero-order valence-corrected chi connectivity index (χ0v) is 11.7. The highest BCUT2D eigenvalue weighted by molar-refractivity contribution is 5.16. The lowest BCUT2D eigenvalue weighted by atomic mass is 9.58. The fraction of sp³-hybridized carbons (Fsp3) is 0.846. The van der Waals surface area contributed by atoms with Gasteiger partial charge >= 0.3 is 0 Å². The maximum Gasteiger partial charge on any atom is 0.152 e. The highest BCUT2D eigenvalue weighted by Gasteiger charge is 2.57. The number of nitrogens with one attached hydrogen (secondary N) is 1. The van der Waals surface area contributed by atoms with E-state index in [2.05, 4.69) is 33.9 Å². The Morgan fingerprint density at radius 3 is 2.61 bits per heavy atom. The zero-order valence-electron chi connectivity index (χ0n) is 11.7. The minimum Gasteiger partial charge on any atom is -0.372 e. The molecule has 5 heteroatoms. The Morgan fingerprint density at radius 2 is 2.06 bits per heavy atom. The van der Waals surface area contributed by atoms with Crippen LogP contribution in [0.15, 0.2) is 0 Å². The molecule has 1 aliphatic heterocycles. The van der Waals surface area contributed by atoms with Crippen LogP contribution in [-0.4, -0.2) is 33.5 Å². The van der Waals surface area contributed by atoms with Gasteiger partial charge < -0.3 is 14.6 Å². The van der Waals surface area contributed by atoms with Crippen molar-refractivity contribution in [2.45, 2.75) is 45.3 Å². The number of rotatable bonds is 1. The third kappa shape index (κ3) is 1.68. The van der Waals surface area contributed by atoms with Crippen molar-refractivity contribution in [1.82, 2.24) is 20.1 Å². The molecule has 3 rings (SSSR count). The largest absolute Gasteiger partial charge is 0.372 e. The molecular weight excluding hydrogens is 228 g/mol. The van der Waals surface area contributed by atoms with Gasteiger partial charge in [-0.2, -0.15) is 0 Å². The van der Waals surface area contributed by atoms with E-state index in [1.807, 2.05) is 14.0 Å². The van der Waals surface area contributed by atoms with Crippen LogP contribution in [0, 0.1) is 12.3 Å². The summed E-state index contributed by atoms with van der Waals surface area (Å²) >= 11 is 0. The van der Waals surface area contributed by atoms with Crippen LogP contribution < -0.4 is 5.32 Å². The minimum absolute atomic E-state index is 0.0744. The molecule has 5 nitrogen and oxygen atoms in total. The highest BCUT2D eigenvalue weighted by atomic mass is 16.5. The van der Waals surface area contributed by atoms with E-state index >= 15 is 0 Å². The molecular formula is C13H22N4O. The quantitative estimate of drug-likeness (QED) is 0.817. The monoisotopic (exact) mass is 250 g/mol. The molecule has 100 valence electrons. The normalized spacial score (nSPS) is 29.2. The fourth-order valence-electron chi connectivity index (χ4n) is 3.60. The van der Waals surface area contributed by atoms with Crippen LogP contribution in [0.4, 0.5) is 0 Å². The molecule has 1 saturated heterocycles. The van der Waals surface area contributed by atoms with Gasteiger partial charge in [-0.3, -0.25) is 0 Å². The molecule has 1 N–H and O–H groups in total. The molecule has 0 bridgehead atoms. The van der Waals surface area contributed by atoms with E-state index in [9.17, 15) is 0 Å². The van der Waals surface area contributed by atoms with Crippen LogP contribution >= 0.6 is 0 Å². The van der Waals surface area contributed by atoms with Crippen LogP contribution in [-0.2, 0) is 11.8 Å². The van der Waals surface area contributed by atoms with Gasteiger partial charge in [0.25, 0.3) is 0 Å². The molecule has 0 radical (unpaired) electrons. The smallest absolute Gasteiger partial charge is 0.152 e. The molecule has 2 heterocycles. The molecule has 0 amide bonds. The topological polar surface area (TPSA) is 52.0 Å². The first-order valence-electron chi connectivity index (χ1n) is 6.67. The maximum atomic E-state index is 6.12. The van der Waals surface area contributed by atoms with Gasteiger partial charge in [-0.25, -0.2) is 0 Å². The summed E-state index contributed by atoms with van der Waals surface area (Å²) in [6.45, 7) is 8.27. The summed E-state index contributed by atoms with van der Waals surface area (Å²) in [6, 6.07) is 0.172. The molecule has 2 fully saturated rings. The van der Waals surface area contributed by atoms with Gasteiger partial charge in [0.05, 0.1) is 18.2 Å². The molecule has 1 aliphatic carbocycles. The number of aryl methyl sites for hydroxylation is 1. The Morgan fingerprint density at radius 1 is 1.33 bits per heavy atom. The first-order valence-corrected chi connectivity index (χ1v) is 6.67. The summed E-state index contributed by atoms with van der Waals surface area (Å²) in [5, 5.41) is 12.1. The highest BCUT2D eigenvalue weighted by Crippen LogP contribution is 2.56.